The average molecular weight is 142 g/mol. The van der Waals surface area contributed by atoms with Gasteiger partial charge in [0.2, 0.25) is 0 Å². The maximum Gasteiger partial charge on any atom is 0.314 e. The molecule has 0 saturated carbocycles. The quantitative estimate of drug-likeness (QED) is 0.582. The molecule has 0 saturated heterocycles. The Morgan fingerprint density at radius 1 is 1.90 bits per heavy atom. The molecule has 58 valence electrons. The highest BCUT2D eigenvalue weighted by Gasteiger charge is 2.04. The first-order valence-electron chi connectivity index (χ1n) is 3.21. The van der Waals surface area contributed by atoms with Crippen molar-refractivity contribution >= 4 is 6.03 Å². The number of urea groups is 1. The second kappa shape index (κ2) is 3.93. The maximum atomic E-state index is 10.5. The van der Waals surface area contributed by atoms with Crippen LogP contribution in [0.4, 0.5) is 4.79 Å². The summed E-state index contributed by atoms with van der Waals surface area (Å²) in [5, 5.41) is 0. The lowest BCUT2D eigenvalue weighted by Gasteiger charge is -2.16. The van der Waals surface area contributed by atoms with Crippen LogP contribution < -0.4 is 5.73 Å². The SMILES string of the molecule is C=CC(C)CN(C)C(N)=O. The van der Waals surface area contributed by atoms with Gasteiger partial charge in [-0.1, -0.05) is 13.0 Å². The molecule has 0 aliphatic rings. The smallest absolute Gasteiger partial charge is 0.314 e. The van der Waals surface area contributed by atoms with Gasteiger partial charge in [0.15, 0.2) is 0 Å². The number of nitrogens with two attached hydrogens (primary N) is 1. The van der Waals surface area contributed by atoms with Crippen LogP contribution >= 0.6 is 0 Å². The van der Waals surface area contributed by atoms with Crippen molar-refractivity contribution in [3.8, 4) is 0 Å². The highest BCUT2D eigenvalue weighted by Crippen LogP contribution is 1.97. The fraction of sp³-hybridized carbons (Fsp3) is 0.571. The van der Waals surface area contributed by atoms with Crippen molar-refractivity contribution < 1.29 is 4.79 Å². The number of primary amides is 1. The molecule has 3 nitrogen and oxygen atoms in total. The van der Waals surface area contributed by atoms with Crippen LogP contribution in [0, 0.1) is 5.92 Å². The fourth-order valence-electron chi connectivity index (χ4n) is 0.596. The summed E-state index contributed by atoms with van der Waals surface area (Å²) in [4.78, 5) is 11.9. The van der Waals surface area contributed by atoms with Crippen molar-refractivity contribution in [1.29, 1.82) is 0 Å². The Kier molecular flexibility index (Phi) is 3.54. The number of carbonyl (C=O) groups is 1. The van der Waals surface area contributed by atoms with Crippen molar-refractivity contribution in [3.63, 3.8) is 0 Å². The standard InChI is InChI=1S/C7H14N2O/c1-4-6(2)5-9(3)7(8)10/h4,6H,1,5H2,2-3H3,(H2,8,10). The summed E-state index contributed by atoms with van der Waals surface area (Å²) >= 11 is 0. The van der Waals surface area contributed by atoms with Gasteiger partial charge in [-0.3, -0.25) is 0 Å². The first-order valence-corrected chi connectivity index (χ1v) is 3.21. The van der Waals surface area contributed by atoms with Gasteiger partial charge in [0.05, 0.1) is 0 Å². The zero-order chi connectivity index (χ0) is 8.15. The third-order valence-corrected chi connectivity index (χ3v) is 1.34. The summed E-state index contributed by atoms with van der Waals surface area (Å²) in [6.45, 7) is 6.21. The molecule has 0 spiro atoms. The zero-order valence-electron chi connectivity index (χ0n) is 6.50. The molecule has 0 aromatic rings. The van der Waals surface area contributed by atoms with Gasteiger partial charge in [-0.25, -0.2) is 4.79 Å². The minimum Gasteiger partial charge on any atom is -0.351 e. The lowest BCUT2D eigenvalue weighted by atomic mass is 10.2. The normalized spacial score (nSPS) is 12.2. The number of amides is 2. The van der Waals surface area contributed by atoms with E-state index in [4.69, 9.17) is 5.73 Å². The van der Waals surface area contributed by atoms with E-state index >= 15 is 0 Å². The van der Waals surface area contributed by atoms with Crippen LogP contribution in [0.1, 0.15) is 6.92 Å². The molecule has 0 fully saturated rings. The van der Waals surface area contributed by atoms with Gasteiger partial charge < -0.3 is 10.6 Å². The first-order chi connectivity index (χ1) is 4.57. The molecule has 2 amide bonds. The summed E-state index contributed by atoms with van der Waals surface area (Å²) in [6.07, 6.45) is 1.79. The second-order valence-corrected chi connectivity index (χ2v) is 2.43. The molecule has 2 N–H and O–H groups in total. The molecule has 0 aromatic heterocycles. The maximum absolute atomic E-state index is 10.5. The molecule has 0 radical (unpaired) electrons. The Morgan fingerprint density at radius 2 is 2.40 bits per heavy atom. The Morgan fingerprint density at radius 3 is 2.70 bits per heavy atom. The van der Waals surface area contributed by atoms with Gasteiger partial charge in [-0.05, 0) is 5.92 Å². The van der Waals surface area contributed by atoms with Gasteiger partial charge >= 0.3 is 6.03 Å². The fourth-order valence-corrected chi connectivity index (χ4v) is 0.596. The molecule has 0 rings (SSSR count). The Hall–Kier alpha value is -0.990. The summed E-state index contributed by atoms with van der Waals surface area (Å²) < 4.78 is 0. The van der Waals surface area contributed by atoms with Gasteiger partial charge in [-0.2, -0.15) is 0 Å². The van der Waals surface area contributed by atoms with E-state index in [1.54, 1.807) is 13.1 Å². The number of carbonyl (C=O) groups excluding carboxylic acids is 1. The van der Waals surface area contributed by atoms with Crippen LogP contribution in [0.25, 0.3) is 0 Å². The first kappa shape index (κ1) is 9.01. The molecule has 3 heteroatoms. The molecule has 0 aliphatic heterocycles. The lowest BCUT2D eigenvalue weighted by Crippen LogP contribution is -2.34. The van der Waals surface area contributed by atoms with Crippen molar-refractivity contribution in [2.24, 2.45) is 11.7 Å². The van der Waals surface area contributed by atoms with Crippen molar-refractivity contribution in [2.45, 2.75) is 6.92 Å². The van der Waals surface area contributed by atoms with E-state index in [1.807, 2.05) is 6.92 Å². The molecule has 1 unspecified atom stereocenters. The zero-order valence-corrected chi connectivity index (χ0v) is 6.50. The number of hydrogen-bond donors (Lipinski definition) is 1. The average Bonchev–Trinajstić information content (AvgIpc) is 1.87. The molecular formula is C7H14N2O. The number of nitrogens with zero attached hydrogens (tertiary/aromatic N) is 1. The van der Waals surface area contributed by atoms with E-state index in [9.17, 15) is 4.79 Å². The van der Waals surface area contributed by atoms with Crippen LogP contribution in [0.2, 0.25) is 0 Å². The minimum atomic E-state index is -0.395. The largest absolute Gasteiger partial charge is 0.351 e. The van der Waals surface area contributed by atoms with Gasteiger partial charge in [0.25, 0.3) is 0 Å². The van der Waals surface area contributed by atoms with Gasteiger partial charge in [0, 0.05) is 13.6 Å². The highest BCUT2D eigenvalue weighted by molar-refractivity contribution is 5.71. The molecule has 10 heavy (non-hydrogen) atoms. The van der Waals surface area contributed by atoms with Gasteiger partial charge in [0.1, 0.15) is 0 Å². The molecule has 1 atom stereocenters. The summed E-state index contributed by atoms with van der Waals surface area (Å²) in [5.41, 5.74) is 4.99. The number of hydrogen-bond acceptors (Lipinski definition) is 1. The Bertz CT molecular complexity index is 134. The number of rotatable bonds is 3. The van der Waals surface area contributed by atoms with E-state index in [0.717, 1.165) is 0 Å². The molecule has 0 bridgehead atoms. The highest BCUT2D eigenvalue weighted by atomic mass is 16.2. The summed E-state index contributed by atoms with van der Waals surface area (Å²) in [5.74, 6) is 0.303. The van der Waals surface area contributed by atoms with Crippen LogP contribution in [-0.2, 0) is 0 Å². The van der Waals surface area contributed by atoms with E-state index in [1.165, 1.54) is 4.90 Å². The van der Waals surface area contributed by atoms with Crippen LogP contribution in [-0.4, -0.2) is 24.5 Å². The molecule has 0 aliphatic carbocycles. The second-order valence-electron chi connectivity index (χ2n) is 2.43. The van der Waals surface area contributed by atoms with E-state index in [2.05, 4.69) is 6.58 Å². The van der Waals surface area contributed by atoms with Crippen molar-refractivity contribution in [1.82, 2.24) is 4.90 Å². The van der Waals surface area contributed by atoms with Crippen molar-refractivity contribution in [2.75, 3.05) is 13.6 Å². The van der Waals surface area contributed by atoms with Crippen LogP contribution in [0.3, 0.4) is 0 Å². The molecular weight excluding hydrogens is 128 g/mol. The van der Waals surface area contributed by atoms with Crippen LogP contribution in [0.15, 0.2) is 12.7 Å². The third-order valence-electron chi connectivity index (χ3n) is 1.34. The molecule has 0 aromatic carbocycles. The Labute approximate surface area is 61.5 Å². The third kappa shape index (κ3) is 3.12. The van der Waals surface area contributed by atoms with E-state index in [-0.39, 0.29) is 0 Å². The summed E-state index contributed by atoms with van der Waals surface area (Å²) in [6, 6.07) is -0.395. The van der Waals surface area contributed by atoms with E-state index in [0.29, 0.717) is 12.5 Å². The van der Waals surface area contributed by atoms with E-state index < -0.39 is 6.03 Å². The monoisotopic (exact) mass is 142 g/mol. The minimum absolute atomic E-state index is 0.303. The molecule has 0 heterocycles. The van der Waals surface area contributed by atoms with Gasteiger partial charge in [-0.15, -0.1) is 6.58 Å². The predicted molar refractivity (Wildman–Crippen MR) is 41.6 cm³/mol. The topological polar surface area (TPSA) is 46.3 Å². The summed E-state index contributed by atoms with van der Waals surface area (Å²) in [7, 11) is 1.67. The van der Waals surface area contributed by atoms with Crippen LogP contribution in [0.5, 0.6) is 0 Å². The Balaban J connectivity index is 3.67. The van der Waals surface area contributed by atoms with Crippen molar-refractivity contribution in [3.05, 3.63) is 12.7 Å². The lowest BCUT2D eigenvalue weighted by molar-refractivity contribution is 0.215. The predicted octanol–water partition coefficient (Wildman–Crippen LogP) is 0.819.